The van der Waals surface area contributed by atoms with Gasteiger partial charge in [-0.05, 0) is 19.1 Å². The number of hydrogen-bond acceptors (Lipinski definition) is 4. The quantitative estimate of drug-likeness (QED) is 0.913. The summed E-state index contributed by atoms with van der Waals surface area (Å²) in [5, 5.41) is 9.54. The lowest BCUT2D eigenvalue weighted by molar-refractivity contribution is 0.196. The Morgan fingerprint density at radius 2 is 2.22 bits per heavy atom. The number of nitrogens with zero attached hydrogens (tertiary/aromatic N) is 2. The number of pyridine rings is 1. The fraction of sp³-hybridized carbons (Fsp3) is 0.385. The number of aromatic nitrogens is 2. The molecule has 96 valence electrons. The number of aliphatic hydroxyl groups is 1. The Kier molecular flexibility index (Phi) is 4.04. The highest BCUT2D eigenvalue weighted by Gasteiger charge is 2.10. The van der Waals surface area contributed by atoms with Crippen LogP contribution in [0.3, 0.4) is 0 Å². The van der Waals surface area contributed by atoms with Crippen LogP contribution >= 0.6 is 11.8 Å². The third-order valence-electron chi connectivity index (χ3n) is 2.80. The summed E-state index contributed by atoms with van der Waals surface area (Å²) in [6.07, 6.45) is 1.34. The molecule has 4 nitrogen and oxygen atoms in total. The monoisotopic (exact) mass is 264 g/mol. The van der Waals surface area contributed by atoms with E-state index in [0.717, 1.165) is 5.69 Å². The van der Waals surface area contributed by atoms with E-state index in [1.165, 1.54) is 4.40 Å². The molecule has 0 aliphatic rings. The smallest absolute Gasteiger partial charge is 0.258 e. The zero-order chi connectivity index (χ0) is 13.1. The van der Waals surface area contributed by atoms with E-state index in [0.29, 0.717) is 11.4 Å². The Bertz CT molecular complexity index is 595. The van der Waals surface area contributed by atoms with Crippen LogP contribution in [-0.4, -0.2) is 25.8 Å². The van der Waals surface area contributed by atoms with E-state index in [4.69, 9.17) is 0 Å². The molecule has 0 aliphatic heterocycles. The maximum Gasteiger partial charge on any atom is 0.258 e. The minimum Gasteiger partial charge on any atom is -0.392 e. The van der Waals surface area contributed by atoms with Gasteiger partial charge in [-0.25, -0.2) is 4.98 Å². The van der Waals surface area contributed by atoms with Crippen molar-refractivity contribution in [1.29, 1.82) is 0 Å². The topological polar surface area (TPSA) is 54.6 Å². The molecule has 0 bridgehead atoms. The summed E-state index contributed by atoms with van der Waals surface area (Å²) in [7, 11) is 0. The average molecular weight is 264 g/mol. The van der Waals surface area contributed by atoms with Crippen LogP contribution in [0, 0.1) is 0 Å². The normalized spacial score (nSPS) is 14.6. The highest BCUT2D eigenvalue weighted by atomic mass is 32.2. The van der Waals surface area contributed by atoms with Crippen LogP contribution in [0.4, 0.5) is 0 Å². The molecule has 2 heterocycles. The van der Waals surface area contributed by atoms with Gasteiger partial charge in [0.25, 0.3) is 5.56 Å². The maximum atomic E-state index is 11.8. The summed E-state index contributed by atoms with van der Waals surface area (Å²) in [4.78, 5) is 16.3. The molecular weight excluding hydrogens is 248 g/mol. The number of hydrogen-bond donors (Lipinski definition) is 1. The van der Waals surface area contributed by atoms with Gasteiger partial charge >= 0.3 is 0 Å². The maximum absolute atomic E-state index is 11.8. The summed E-state index contributed by atoms with van der Waals surface area (Å²) in [6, 6.07) is 7.03. The summed E-state index contributed by atoms with van der Waals surface area (Å²) >= 11 is 1.59. The SMILES string of the molecule is C[C@H](SCc1cc(=O)n2ccccc2n1)[C@@H](C)O. The van der Waals surface area contributed by atoms with Gasteiger partial charge in [-0.1, -0.05) is 13.0 Å². The highest BCUT2D eigenvalue weighted by Crippen LogP contribution is 2.18. The van der Waals surface area contributed by atoms with Gasteiger partial charge in [0, 0.05) is 23.3 Å². The predicted molar refractivity (Wildman–Crippen MR) is 73.9 cm³/mol. The van der Waals surface area contributed by atoms with Crippen molar-refractivity contribution in [3.8, 4) is 0 Å². The lowest BCUT2D eigenvalue weighted by atomic mass is 10.3. The first-order valence-corrected chi connectivity index (χ1v) is 6.90. The van der Waals surface area contributed by atoms with E-state index < -0.39 is 0 Å². The minimum atomic E-state index is -0.364. The first kappa shape index (κ1) is 13.1. The van der Waals surface area contributed by atoms with E-state index in [9.17, 15) is 9.90 Å². The molecule has 2 atom stereocenters. The van der Waals surface area contributed by atoms with Crippen molar-refractivity contribution < 1.29 is 5.11 Å². The van der Waals surface area contributed by atoms with Crippen molar-refractivity contribution in [2.24, 2.45) is 0 Å². The van der Waals surface area contributed by atoms with Crippen LogP contribution in [-0.2, 0) is 5.75 Å². The first-order valence-electron chi connectivity index (χ1n) is 5.85. The molecule has 2 aromatic heterocycles. The average Bonchev–Trinajstić information content (AvgIpc) is 2.36. The Labute approximate surface area is 110 Å². The lowest BCUT2D eigenvalue weighted by Crippen LogP contribution is -2.17. The Morgan fingerprint density at radius 3 is 2.94 bits per heavy atom. The molecule has 0 spiro atoms. The second kappa shape index (κ2) is 5.54. The van der Waals surface area contributed by atoms with Gasteiger partial charge in [0.05, 0.1) is 11.8 Å². The van der Waals surface area contributed by atoms with Crippen molar-refractivity contribution in [3.63, 3.8) is 0 Å². The molecular formula is C13H16N2O2S. The molecule has 0 unspecified atom stereocenters. The van der Waals surface area contributed by atoms with Gasteiger partial charge < -0.3 is 5.11 Å². The van der Waals surface area contributed by atoms with Gasteiger partial charge in [-0.2, -0.15) is 0 Å². The molecule has 1 N–H and O–H groups in total. The Hall–Kier alpha value is -1.33. The molecule has 0 amide bonds. The van der Waals surface area contributed by atoms with Crippen molar-refractivity contribution in [2.75, 3.05) is 0 Å². The van der Waals surface area contributed by atoms with Crippen molar-refractivity contribution in [1.82, 2.24) is 9.38 Å². The summed E-state index contributed by atoms with van der Waals surface area (Å²) in [5.74, 6) is 0.632. The van der Waals surface area contributed by atoms with Gasteiger partial charge in [-0.15, -0.1) is 11.8 Å². The van der Waals surface area contributed by atoms with Crippen LogP contribution < -0.4 is 5.56 Å². The molecule has 18 heavy (non-hydrogen) atoms. The largest absolute Gasteiger partial charge is 0.392 e. The van der Waals surface area contributed by atoms with E-state index in [1.807, 2.05) is 19.1 Å². The molecule has 0 fully saturated rings. The van der Waals surface area contributed by atoms with Gasteiger partial charge in [0.15, 0.2) is 0 Å². The standard InChI is InChI=1S/C13H16N2O2S/c1-9(16)10(2)18-8-11-7-13(17)15-6-4-3-5-12(15)14-11/h3-7,9-10,16H,8H2,1-2H3/t9-,10+/m1/s1. The lowest BCUT2D eigenvalue weighted by Gasteiger charge is -2.13. The van der Waals surface area contributed by atoms with E-state index in [2.05, 4.69) is 4.98 Å². The summed E-state index contributed by atoms with van der Waals surface area (Å²) < 4.78 is 1.52. The Morgan fingerprint density at radius 1 is 1.44 bits per heavy atom. The molecule has 0 saturated carbocycles. The number of aliphatic hydroxyl groups excluding tert-OH is 1. The third kappa shape index (κ3) is 2.91. The zero-order valence-corrected chi connectivity index (χ0v) is 11.2. The summed E-state index contributed by atoms with van der Waals surface area (Å²) in [6.45, 7) is 3.73. The number of thioether (sulfide) groups is 1. The van der Waals surface area contributed by atoms with Crippen LogP contribution in [0.25, 0.3) is 5.65 Å². The Balaban J connectivity index is 2.22. The van der Waals surface area contributed by atoms with Crippen LogP contribution in [0.1, 0.15) is 19.5 Å². The van der Waals surface area contributed by atoms with Crippen LogP contribution in [0.15, 0.2) is 35.3 Å². The zero-order valence-electron chi connectivity index (χ0n) is 10.4. The van der Waals surface area contributed by atoms with Crippen molar-refractivity contribution in [3.05, 3.63) is 46.5 Å². The van der Waals surface area contributed by atoms with Gasteiger partial charge in [0.2, 0.25) is 0 Å². The molecule has 0 saturated heterocycles. The second-order valence-corrected chi connectivity index (χ2v) is 5.64. The second-order valence-electron chi connectivity index (χ2n) is 4.27. The molecule has 0 radical (unpaired) electrons. The molecule has 0 aliphatic carbocycles. The predicted octanol–water partition coefficient (Wildman–Crippen LogP) is 1.70. The summed E-state index contributed by atoms with van der Waals surface area (Å²) in [5.41, 5.74) is 1.34. The number of rotatable bonds is 4. The van der Waals surface area contributed by atoms with E-state index in [-0.39, 0.29) is 16.9 Å². The fourth-order valence-corrected chi connectivity index (χ4v) is 2.39. The van der Waals surface area contributed by atoms with E-state index >= 15 is 0 Å². The van der Waals surface area contributed by atoms with Crippen LogP contribution in [0.2, 0.25) is 0 Å². The van der Waals surface area contributed by atoms with Crippen molar-refractivity contribution in [2.45, 2.75) is 31.0 Å². The minimum absolute atomic E-state index is 0.0686. The van der Waals surface area contributed by atoms with Crippen molar-refractivity contribution >= 4 is 17.4 Å². The highest BCUT2D eigenvalue weighted by molar-refractivity contribution is 7.99. The third-order valence-corrected chi connectivity index (χ3v) is 4.18. The molecule has 2 rings (SSSR count). The molecule has 0 aromatic carbocycles. The molecule has 5 heteroatoms. The molecule has 2 aromatic rings. The first-order chi connectivity index (χ1) is 8.58. The number of fused-ring (bicyclic) bond motifs is 1. The van der Waals surface area contributed by atoms with Gasteiger partial charge in [-0.3, -0.25) is 9.20 Å². The van der Waals surface area contributed by atoms with E-state index in [1.54, 1.807) is 37.0 Å². The van der Waals surface area contributed by atoms with Crippen LogP contribution in [0.5, 0.6) is 0 Å². The van der Waals surface area contributed by atoms with Gasteiger partial charge in [0.1, 0.15) is 5.65 Å². The fourth-order valence-electron chi connectivity index (χ4n) is 1.53.